The smallest absolute Gasteiger partial charge is 0.270 e. The van der Waals surface area contributed by atoms with Crippen molar-refractivity contribution in [2.45, 2.75) is 6.61 Å². The molecule has 0 aliphatic rings. The molecule has 2 rings (SSSR count). The zero-order valence-corrected chi connectivity index (χ0v) is 13.0. The Hall–Kier alpha value is -2.44. The first-order valence-electron chi connectivity index (χ1n) is 6.92. The molecule has 0 aromatic heterocycles. The molecular weight excluding hydrogens is 320 g/mol. The van der Waals surface area contributed by atoms with Gasteiger partial charge < -0.3 is 10.1 Å². The summed E-state index contributed by atoms with van der Waals surface area (Å²) in [6.45, 7) is 1.14. The molecule has 0 heterocycles. The standard InChI is InChI=1S/C16H15ClN2O4/c17-15-10-13(19(21)22)6-7-14(15)16(20)18-8-9-23-11-12-4-2-1-3-5-12/h1-7,10H,8-9,11H2,(H,18,20). The number of hydrogen-bond acceptors (Lipinski definition) is 4. The van der Waals surface area contributed by atoms with Gasteiger partial charge >= 0.3 is 0 Å². The van der Waals surface area contributed by atoms with Crippen LogP contribution in [0.1, 0.15) is 15.9 Å². The molecule has 1 N–H and O–H groups in total. The summed E-state index contributed by atoms with van der Waals surface area (Å²) in [6, 6.07) is 13.4. The number of hydrogen-bond donors (Lipinski definition) is 1. The summed E-state index contributed by atoms with van der Waals surface area (Å²) in [5.41, 5.74) is 1.09. The Labute approximate surface area is 138 Å². The van der Waals surface area contributed by atoms with E-state index in [-0.39, 0.29) is 16.3 Å². The molecule has 0 spiro atoms. The molecule has 0 saturated carbocycles. The van der Waals surface area contributed by atoms with Gasteiger partial charge in [0.2, 0.25) is 0 Å². The van der Waals surface area contributed by atoms with Gasteiger partial charge in [-0.3, -0.25) is 14.9 Å². The lowest BCUT2D eigenvalue weighted by molar-refractivity contribution is -0.384. The molecule has 0 saturated heterocycles. The minimum absolute atomic E-state index is 0.0434. The molecule has 23 heavy (non-hydrogen) atoms. The second-order valence-corrected chi connectivity index (χ2v) is 5.12. The molecule has 2 aromatic rings. The predicted molar refractivity (Wildman–Crippen MR) is 86.5 cm³/mol. The highest BCUT2D eigenvalue weighted by Crippen LogP contribution is 2.22. The Kier molecular flexibility index (Phi) is 6.08. The second kappa shape index (κ2) is 8.26. The van der Waals surface area contributed by atoms with E-state index in [2.05, 4.69) is 5.32 Å². The van der Waals surface area contributed by atoms with Crippen LogP contribution >= 0.6 is 11.6 Å². The van der Waals surface area contributed by atoms with Crippen LogP contribution in [-0.2, 0) is 11.3 Å². The van der Waals surface area contributed by atoms with Crippen LogP contribution in [0.4, 0.5) is 5.69 Å². The van der Waals surface area contributed by atoms with Crippen LogP contribution in [0.15, 0.2) is 48.5 Å². The van der Waals surface area contributed by atoms with Crippen molar-refractivity contribution in [1.82, 2.24) is 5.32 Å². The van der Waals surface area contributed by atoms with Crippen molar-refractivity contribution in [2.75, 3.05) is 13.2 Å². The molecule has 0 aliphatic carbocycles. The lowest BCUT2D eigenvalue weighted by atomic mass is 10.2. The van der Waals surface area contributed by atoms with Crippen molar-refractivity contribution in [2.24, 2.45) is 0 Å². The maximum Gasteiger partial charge on any atom is 0.270 e. The van der Waals surface area contributed by atoms with Crippen LogP contribution in [0.25, 0.3) is 0 Å². The number of nitrogens with zero attached hydrogens (tertiary/aromatic N) is 1. The molecule has 2 aromatic carbocycles. The number of nitro benzene ring substituents is 1. The van der Waals surface area contributed by atoms with E-state index in [9.17, 15) is 14.9 Å². The molecule has 6 nitrogen and oxygen atoms in total. The molecule has 0 atom stereocenters. The Morgan fingerprint density at radius 3 is 2.61 bits per heavy atom. The van der Waals surface area contributed by atoms with E-state index in [1.54, 1.807) is 0 Å². The zero-order valence-electron chi connectivity index (χ0n) is 12.2. The lowest BCUT2D eigenvalue weighted by Gasteiger charge is -2.07. The van der Waals surface area contributed by atoms with Crippen LogP contribution in [0, 0.1) is 10.1 Å². The Morgan fingerprint density at radius 1 is 1.22 bits per heavy atom. The molecule has 7 heteroatoms. The summed E-state index contributed by atoms with van der Waals surface area (Å²) in [5, 5.41) is 13.3. The normalized spacial score (nSPS) is 10.3. The Morgan fingerprint density at radius 2 is 1.96 bits per heavy atom. The van der Waals surface area contributed by atoms with Gasteiger partial charge in [-0.05, 0) is 11.6 Å². The number of amides is 1. The van der Waals surface area contributed by atoms with Gasteiger partial charge in [-0.2, -0.15) is 0 Å². The monoisotopic (exact) mass is 334 g/mol. The molecule has 1 amide bonds. The summed E-state index contributed by atoms with van der Waals surface area (Å²) in [6.07, 6.45) is 0. The largest absolute Gasteiger partial charge is 0.375 e. The van der Waals surface area contributed by atoms with Crippen LogP contribution in [0.3, 0.4) is 0 Å². The van der Waals surface area contributed by atoms with E-state index in [1.165, 1.54) is 12.1 Å². The zero-order chi connectivity index (χ0) is 16.7. The molecular formula is C16H15ClN2O4. The number of non-ortho nitro benzene ring substituents is 1. The fourth-order valence-corrected chi connectivity index (χ4v) is 2.16. The van der Waals surface area contributed by atoms with Crippen molar-refractivity contribution >= 4 is 23.2 Å². The van der Waals surface area contributed by atoms with Gasteiger partial charge in [0.15, 0.2) is 0 Å². The van der Waals surface area contributed by atoms with Crippen LogP contribution in [0.5, 0.6) is 0 Å². The van der Waals surface area contributed by atoms with Gasteiger partial charge in [-0.15, -0.1) is 0 Å². The number of carbonyl (C=O) groups excluding carboxylic acids is 1. The minimum atomic E-state index is -0.564. The van der Waals surface area contributed by atoms with Crippen LogP contribution in [0.2, 0.25) is 5.02 Å². The average molecular weight is 335 g/mol. The molecule has 120 valence electrons. The molecule has 0 bridgehead atoms. The summed E-state index contributed by atoms with van der Waals surface area (Å²) in [5.74, 6) is -0.395. The lowest BCUT2D eigenvalue weighted by Crippen LogP contribution is -2.27. The first-order valence-corrected chi connectivity index (χ1v) is 7.29. The summed E-state index contributed by atoms with van der Waals surface area (Å²) >= 11 is 5.89. The van der Waals surface area contributed by atoms with Crippen molar-refractivity contribution in [3.8, 4) is 0 Å². The summed E-state index contributed by atoms with van der Waals surface area (Å²) in [4.78, 5) is 22.0. The van der Waals surface area contributed by atoms with E-state index in [0.717, 1.165) is 11.6 Å². The number of halogens is 1. The number of carbonyl (C=O) groups is 1. The minimum Gasteiger partial charge on any atom is -0.375 e. The van der Waals surface area contributed by atoms with E-state index < -0.39 is 10.8 Å². The third-order valence-corrected chi connectivity index (χ3v) is 3.36. The first kappa shape index (κ1) is 16.9. The van der Waals surface area contributed by atoms with Crippen molar-refractivity contribution < 1.29 is 14.5 Å². The van der Waals surface area contributed by atoms with E-state index in [0.29, 0.717) is 19.8 Å². The summed E-state index contributed by atoms with van der Waals surface area (Å²) in [7, 11) is 0. The van der Waals surface area contributed by atoms with E-state index in [1.807, 2.05) is 30.3 Å². The number of benzene rings is 2. The van der Waals surface area contributed by atoms with Gasteiger partial charge in [-0.1, -0.05) is 41.9 Å². The highest BCUT2D eigenvalue weighted by molar-refractivity contribution is 6.34. The predicted octanol–water partition coefficient (Wildman–Crippen LogP) is 3.19. The second-order valence-electron chi connectivity index (χ2n) is 4.72. The third kappa shape index (κ3) is 5.05. The molecule has 0 radical (unpaired) electrons. The maximum absolute atomic E-state index is 12.0. The molecule has 0 unspecified atom stereocenters. The number of nitrogens with one attached hydrogen (secondary N) is 1. The van der Waals surface area contributed by atoms with Crippen LogP contribution < -0.4 is 5.32 Å². The van der Waals surface area contributed by atoms with E-state index >= 15 is 0 Å². The highest BCUT2D eigenvalue weighted by atomic mass is 35.5. The number of rotatable bonds is 7. The Balaban J connectivity index is 1.78. The highest BCUT2D eigenvalue weighted by Gasteiger charge is 2.14. The third-order valence-electron chi connectivity index (χ3n) is 3.05. The fraction of sp³-hybridized carbons (Fsp3) is 0.188. The van der Waals surface area contributed by atoms with E-state index in [4.69, 9.17) is 16.3 Å². The Bertz CT molecular complexity index is 692. The molecule has 0 aliphatic heterocycles. The average Bonchev–Trinajstić information content (AvgIpc) is 2.55. The quantitative estimate of drug-likeness (QED) is 0.479. The SMILES string of the molecule is O=C(NCCOCc1ccccc1)c1ccc([N+](=O)[O-])cc1Cl. The van der Waals surface area contributed by atoms with Gasteiger partial charge in [0.1, 0.15) is 0 Å². The molecule has 0 fully saturated rings. The van der Waals surface area contributed by atoms with Crippen molar-refractivity contribution in [3.05, 3.63) is 74.8 Å². The maximum atomic E-state index is 12.0. The van der Waals surface area contributed by atoms with Crippen LogP contribution in [-0.4, -0.2) is 24.0 Å². The van der Waals surface area contributed by atoms with Gasteiger partial charge in [0, 0.05) is 18.7 Å². The van der Waals surface area contributed by atoms with Gasteiger partial charge in [0.25, 0.3) is 11.6 Å². The topological polar surface area (TPSA) is 81.5 Å². The first-order chi connectivity index (χ1) is 11.1. The van der Waals surface area contributed by atoms with Gasteiger partial charge in [0.05, 0.1) is 28.7 Å². The number of ether oxygens (including phenoxy) is 1. The van der Waals surface area contributed by atoms with Crippen molar-refractivity contribution in [3.63, 3.8) is 0 Å². The summed E-state index contributed by atoms with van der Waals surface area (Å²) < 4.78 is 5.45. The number of nitro groups is 1. The van der Waals surface area contributed by atoms with Crippen molar-refractivity contribution in [1.29, 1.82) is 0 Å². The fourth-order valence-electron chi connectivity index (χ4n) is 1.90. The van der Waals surface area contributed by atoms with Gasteiger partial charge in [-0.25, -0.2) is 0 Å².